The van der Waals surface area contributed by atoms with Crippen molar-refractivity contribution in [1.82, 2.24) is 0 Å². The molecule has 3 nitrogen and oxygen atoms in total. The van der Waals surface area contributed by atoms with Gasteiger partial charge in [-0.25, -0.2) is 0 Å². The van der Waals surface area contributed by atoms with Crippen LogP contribution in [-0.2, 0) is 11.2 Å². The Morgan fingerprint density at radius 3 is 2.52 bits per heavy atom. The zero-order chi connectivity index (χ0) is 15.4. The maximum absolute atomic E-state index is 12.3. The SMILES string of the molecule is CCc1cc(Br)ccc1NC(=O)C(N)c1ccc(C)cc1. The van der Waals surface area contributed by atoms with Crippen LogP contribution in [0.1, 0.15) is 29.7 Å². The summed E-state index contributed by atoms with van der Waals surface area (Å²) in [6.07, 6.45) is 0.842. The van der Waals surface area contributed by atoms with E-state index in [1.165, 1.54) is 0 Å². The molecule has 0 fully saturated rings. The Balaban J connectivity index is 2.16. The summed E-state index contributed by atoms with van der Waals surface area (Å²) in [6, 6.07) is 12.8. The zero-order valence-corrected chi connectivity index (χ0v) is 13.8. The second kappa shape index (κ2) is 6.87. The Hall–Kier alpha value is -1.65. The summed E-state index contributed by atoms with van der Waals surface area (Å²) in [6.45, 7) is 4.06. The fourth-order valence-electron chi connectivity index (χ4n) is 2.11. The monoisotopic (exact) mass is 346 g/mol. The number of benzene rings is 2. The fraction of sp³-hybridized carbons (Fsp3) is 0.235. The summed E-state index contributed by atoms with van der Waals surface area (Å²) in [4.78, 5) is 12.3. The molecule has 0 aromatic heterocycles. The third-order valence-corrected chi connectivity index (χ3v) is 3.92. The Kier molecular flexibility index (Phi) is 5.15. The lowest BCUT2D eigenvalue weighted by Crippen LogP contribution is -2.28. The van der Waals surface area contributed by atoms with Crippen molar-refractivity contribution in [2.45, 2.75) is 26.3 Å². The van der Waals surface area contributed by atoms with E-state index in [-0.39, 0.29) is 5.91 Å². The quantitative estimate of drug-likeness (QED) is 0.880. The fourth-order valence-corrected chi connectivity index (χ4v) is 2.52. The minimum absolute atomic E-state index is 0.198. The molecule has 1 unspecified atom stereocenters. The van der Waals surface area contributed by atoms with Crippen molar-refractivity contribution < 1.29 is 4.79 Å². The van der Waals surface area contributed by atoms with Gasteiger partial charge in [-0.2, -0.15) is 0 Å². The highest BCUT2D eigenvalue weighted by atomic mass is 79.9. The van der Waals surface area contributed by atoms with Crippen LogP contribution in [0.2, 0.25) is 0 Å². The molecular formula is C17H19BrN2O. The number of carbonyl (C=O) groups is 1. The second-order valence-electron chi connectivity index (χ2n) is 5.03. The highest BCUT2D eigenvalue weighted by Crippen LogP contribution is 2.23. The van der Waals surface area contributed by atoms with Crippen molar-refractivity contribution in [1.29, 1.82) is 0 Å². The predicted octanol–water partition coefficient (Wildman–Crippen LogP) is 3.96. The molecule has 2 aromatic rings. The number of rotatable bonds is 4. The number of hydrogen-bond donors (Lipinski definition) is 2. The van der Waals surface area contributed by atoms with Gasteiger partial charge in [0.15, 0.2) is 0 Å². The Labute approximate surface area is 133 Å². The van der Waals surface area contributed by atoms with E-state index in [4.69, 9.17) is 5.73 Å². The zero-order valence-electron chi connectivity index (χ0n) is 12.2. The maximum Gasteiger partial charge on any atom is 0.245 e. The van der Waals surface area contributed by atoms with E-state index in [0.29, 0.717) is 0 Å². The molecule has 0 saturated heterocycles. The molecule has 0 aliphatic carbocycles. The van der Waals surface area contributed by atoms with Gasteiger partial charge in [-0.3, -0.25) is 4.79 Å². The van der Waals surface area contributed by atoms with Gasteiger partial charge in [-0.05, 0) is 42.7 Å². The number of hydrogen-bond acceptors (Lipinski definition) is 2. The largest absolute Gasteiger partial charge is 0.324 e. The lowest BCUT2D eigenvalue weighted by atomic mass is 10.0. The summed E-state index contributed by atoms with van der Waals surface area (Å²) in [5, 5.41) is 2.92. The molecule has 0 aliphatic heterocycles. The third kappa shape index (κ3) is 3.93. The van der Waals surface area contributed by atoms with Gasteiger partial charge in [-0.1, -0.05) is 52.7 Å². The first-order valence-corrected chi connectivity index (χ1v) is 7.72. The number of aryl methyl sites for hydroxylation is 2. The van der Waals surface area contributed by atoms with Gasteiger partial charge in [0.05, 0.1) is 0 Å². The smallest absolute Gasteiger partial charge is 0.245 e. The highest BCUT2D eigenvalue weighted by molar-refractivity contribution is 9.10. The molecule has 1 atom stereocenters. The molecule has 0 spiro atoms. The lowest BCUT2D eigenvalue weighted by Gasteiger charge is -2.15. The summed E-state index contributed by atoms with van der Waals surface area (Å²) in [5.41, 5.74) is 9.89. The van der Waals surface area contributed by atoms with Crippen LogP contribution in [0.4, 0.5) is 5.69 Å². The van der Waals surface area contributed by atoms with Crippen molar-refractivity contribution in [3.05, 3.63) is 63.6 Å². The van der Waals surface area contributed by atoms with Gasteiger partial charge in [0.1, 0.15) is 6.04 Å². The number of amides is 1. The van der Waals surface area contributed by atoms with Crippen LogP contribution in [0.25, 0.3) is 0 Å². The summed E-state index contributed by atoms with van der Waals surface area (Å²) >= 11 is 3.44. The molecule has 0 bridgehead atoms. The van der Waals surface area contributed by atoms with Crippen molar-refractivity contribution in [2.24, 2.45) is 5.73 Å². The van der Waals surface area contributed by atoms with Crippen molar-refractivity contribution in [2.75, 3.05) is 5.32 Å². The topological polar surface area (TPSA) is 55.1 Å². The van der Waals surface area contributed by atoms with Gasteiger partial charge < -0.3 is 11.1 Å². The van der Waals surface area contributed by atoms with E-state index in [1.807, 2.05) is 49.4 Å². The minimum atomic E-state index is -0.668. The first-order valence-electron chi connectivity index (χ1n) is 6.92. The normalized spacial score (nSPS) is 12.0. The molecule has 0 heterocycles. The maximum atomic E-state index is 12.3. The predicted molar refractivity (Wildman–Crippen MR) is 90.3 cm³/mol. The van der Waals surface area contributed by atoms with E-state index in [0.717, 1.165) is 33.3 Å². The van der Waals surface area contributed by atoms with Gasteiger partial charge in [0, 0.05) is 10.2 Å². The van der Waals surface area contributed by atoms with Crippen LogP contribution >= 0.6 is 15.9 Å². The summed E-state index contributed by atoms with van der Waals surface area (Å²) < 4.78 is 1.00. The second-order valence-corrected chi connectivity index (χ2v) is 5.95. The van der Waals surface area contributed by atoms with Crippen LogP contribution in [0.3, 0.4) is 0 Å². The van der Waals surface area contributed by atoms with E-state index < -0.39 is 6.04 Å². The van der Waals surface area contributed by atoms with Crippen LogP contribution in [-0.4, -0.2) is 5.91 Å². The number of carbonyl (C=O) groups excluding carboxylic acids is 1. The molecular weight excluding hydrogens is 328 g/mol. The number of anilines is 1. The standard InChI is InChI=1S/C17H19BrN2O/c1-3-12-10-14(18)8-9-15(12)20-17(21)16(19)13-6-4-11(2)5-7-13/h4-10,16H,3,19H2,1-2H3,(H,20,21). The minimum Gasteiger partial charge on any atom is -0.324 e. The average molecular weight is 347 g/mol. The molecule has 0 saturated carbocycles. The molecule has 110 valence electrons. The van der Waals surface area contributed by atoms with Crippen molar-refractivity contribution in [3.8, 4) is 0 Å². The number of halogens is 1. The molecule has 2 aromatic carbocycles. The van der Waals surface area contributed by atoms with E-state index >= 15 is 0 Å². The van der Waals surface area contributed by atoms with Gasteiger partial charge >= 0.3 is 0 Å². The first kappa shape index (κ1) is 15.7. The van der Waals surface area contributed by atoms with E-state index in [9.17, 15) is 4.79 Å². The Morgan fingerprint density at radius 1 is 1.24 bits per heavy atom. The first-order chi connectivity index (χ1) is 10.0. The lowest BCUT2D eigenvalue weighted by molar-refractivity contribution is -0.117. The van der Waals surface area contributed by atoms with E-state index in [2.05, 4.69) is 28.2 Å². The highest BCUT2D eigenvalue weighted by Gasteiger charge is 2.16. The third-order valence-electron chi connectivity index (χ3n) is 3.42. The molecule has 2 rings (SSSR count). The van der Waals surface area contributed by atoms with Gasteiger partial charge in [0.25, 0.3) is 0 Å². The van der Waals surface area contributed by atoms with Gasteiger partial charge in [-0.15, -0.1) is 0 Å². The molecule has 21 heavy (non-hydrogen) atoms. The molecule has 1 amide bonds. The summed E-state index contributed by atoms with van der Waals surface area (Å²) in [5.74, 6) is -0.198. The van der Waals surface area contributed by atoms with Crippen LogP contribution < -0.4 is 11.1 Å². The van der Waals surface area contributed by atoms with Crippen LogP contribution in [0, 0.1) is 6.92 Å². The molecule has 0 aliphatic rings. The Bertz CT molecular complexity index is 638. The van der Waals surface area contributed by atoms with Crippen molar-refractivity contribution in [3.63, 3.8) is 0 Å². The number of nitrogens with two attached hydrogens (primary N) is 1. The van der Waals surface area contributed by atoms with Crippen LogP contribution in [0.5, 0.6) is 0 Å². The number of nitrogens with one attached hydrogen (secondary N) is 1. The Morgan fingerprint density at radius 2 is 1.90 bits per heavy atom. The molecule has 3 N–H and O–H groups in total. The van der Waals surface area contributed by atoms with E-state index in [1.54, 1.807) is 0 Å². The van der Waals surface area contributed by atoms with Gasteiger partial charge in [0.2, 0.25) is 5.91 Å². The van der Waals surface area contributed by atoms with Crippen molar-refractivity contribution >= 4 is 27.5 Å². The molecule has 0 radical (unpaired) electrons. The molecule has 4 heteroatoms. The van der Waals surface area contributed by atoms with Crippen LogP contribution in [0.15, 0.2) is 46.9 Å². The summed E-state index contributed by atoms with van der Waals surface area (Å²) in [7, 11) is 0. The average Bonchev–Trinajstić information content (AvgIpc) is 2.49.